The van der Waals surface area contributed by atoms with Crippen molar-refractivity contribution in [2.45, 2.75) is 33.7 Å². The van der Waals surface area contributed by atoms with E-state index in [2.05, 4.69) is 58.0 Å². The number of aromatic nitrogens is 1. The summed E-state index contributed by atoms with van der Waals surface area (Å²) in [6.45, 7) is 7.61. The van der Waals surface area contributed by atoms with Crippen LogP contribution in [0.5, 0.6) is 0 Å². The number of furan rings is 1. The normalized spacial score (nSPS) is 11.5. The highest BCUT2D eigenvalue weighted by Crippen LogP contribution is 2.21. The molecular weight excluding hydrogens is 439 g/mol. The highest BCUT2D eigenvalue weighted by molar-refractivity contribution is 14.0. The van der Waals surface area contributed by atoms with Gasteiger partial charge < -0.3 is 20.0 Å². The molecule has 0 spiro atoms. The van der Waals surface area contributed by atoms with E-state index in [9.17, 15) is 0 Å². The van der Waals surface area contributed by atoms with Gasteiger partial charge in [0.25, 0.3) is 0 Å². The van der Waals surface area contributed by atoms with E-state index in [0.29, 0.717) is 6.54 Å². The molecule has 140 valence electrons. The Labute approximate surface area is 171 Å². The molecule has 0 aliphatic carbocycles. The molecule has 2 aromatic heterocycles. The van der Waals surface area contributed by atoms with E-state index in [1.807, 2.05) is 13.8 Å². The Bertz CT molecular complexity index is 894. The average molecular weight is 466 g/mol. The SMILES string of the molecule is CN=C(NCCc1c[nH]c2c(C)cccc12)NCc1cc(C)oc1C.I. The van der Waals surface area contributed by atoms with Gasteiger partial charge in [-0.05, 0) is 44.4 Å². The van der Waals surface area contributed by atoms with Crippen LogP contribution in [-0.4, -0.2) is 24.5 Å². The number of benzene rings is 1. The van der Waals surface area contributed by atoms with Crippen LogP contribution >= 0.6 is 24.0 Å². The quantitative estimate of drug-likeness (QED) is 0.300. The highest BCUT2D eigenvalue weighted by atomic mass is 127. The molecule has 0 unspecified atom stereocenters. The van der Waals surface area contributed by atoms with Crippen molar-refractivity contribution in [1.82, 2.24) is 15.6 Å². The number of aliphatic imine (C=N–C) groups is 1. The molecule has 0 saturated heterocycles. The Kier molecular flexibility index (Phi) is 7.14. The summed E-state index contributed by atoms with van der Waals surface area (Å²) < 4.78 is 5.56. The molecule has 3 N–H and O–H groups in total. The fourth-order valence-corrected chi connectivity index (χ4v) is 3.14. The van der Waals surface area contributed by atoms with E-state index in [0.717, 1.165) is 36.0 Å². The van der Waals surface area contributed by atoms with E-state index in [1.54, 1.807) is 7.05 Å². The first-order valence-electron chi connectivity index (χ1n) is 8.64. The second-order valence-corrected chi connectivity index (χ2v) is 6.35. The molecule has 0 bridgehead atoms. The van der Waals surface area contributed by atoms with Crippen LogP contribution in [0.15, 0.2) is 39.9 Å². The minimum absolute atomic E-state index is 0. The molecule has 0 saturated carbocycles. The first-order chi connectivity index (χ1) is 12.1. The number of rotatable bonds is 5. The molecule has 2 heterocycles. The summed E-state index contributed by atoms with van der Waals surface area (Å²) >= 11 is 0. The van der Waals surface area contributed by atoms with Crippen molar-refractivity contribution in [1.29, 1.82) is 0 Å². The third-order valence-electron chi connectivity index (χ3n) is 4.51. The smallest absolute Gasteiger partial charge is 0.191 e. The standard InChI is InChI=1S/C20H26N4O.HI/c1-13-6-5-7-18-16(11-23-19(13)18)8-9-22-20(21-4)24-12-17-10-14(2)25-15(17)3;/h5-7,10-11,23H,8-9,12H2,1-4H3,(H2,21,22,24);1H. The van der Waals surface area contributed by atoms with Crippen molar-refractivity contribution in [3.05, 3.63) is 58.7 Å². The predicted molar refractivity (Wildman–Crippen MR) is 119 cm³/mol. The van der Waals surface area contributed by atoms with E-state index in [-0.39, 0.29) is 24.0 Å². The number of nitrogens with one attached hydrogen (secondary N) is 3. The van der Waals surface area contributed by atoms with Crippen molar-refractivity contribution in [3.63, 3.8) is 0 Å². The maximum absolute atomic E-state index is 5.56. The molecule has 0 amide bonds. The zero-order chi connectivity index (χ0) is 17.8. The van der Waals surface area contributed by atoms with Gasteiger partial charge in [-0.1, -0.05) is 18.2 Å². The molecule has 0 radical (unpaired) electrons. The largest absolute Gasteiger partial charge is 0.466 e. The van der Waals surface area contributed by atoms with Crippen molar-refractivity contribution < 1.29 is 4.42 Å². The van der Waals surface area contributed by atoms with Gasteiger partial charge in [0.15, 0.2) is 5.96 Å². The number of nitrogens with zero attached hydrogens (tertiary/aromatic N) is 1. The molecule has 0 aliphatic rings. The fourth-order valence-electron chi connectivity index (χ4n) is 3.14. The number of halogens is 1. The summed E-state index contributed by atoms with van der Waals surface area (Å²) in [6.07, 6.45) is 3.04. The van der Waals surface area contributed by atoms with Crippen molar-refractivity contribution >= 4 is 40.8 Å². The third kappa shape index (κ3) is 4.60. The van der Waals surface area contributed by atoms with Gasteiger partial charge in [-0.3, -0.25) is 4.99 Å². The van der Waals surface area contributed by atoms with Crippen molar-refractivity contribution in [2.24, 2.45) is 4.99 Å². The fraction of sp³-hybridized carbons (Fsp3) is 0.350. The van der Waals surface area contributed by atoms with Crippen LogP contribution in [0.1, 0.15) is 28.2 Å². The number of fused-ring (bicyclic) bond motifs is 1. The number of para-hydroxylation sites is 1. The minimum Gasteiger partial charge on any atom is -0.466 e. The zero-order valence-corrected chi connectivity index (χ0v) is 18.1. The Balaban J connectivity index is 0.00000243. The summed E-state index contributed by atoms with van der Waals surface area (Å²) in [5, 5.41) is 8.02. The second-order valence-electron chi connectivity index (χ2n) is 6.35. The number of aromatic amines is 1. The summed E-state index contributed by atoms with van der Waals surface area (Å²) in [5.74, 6) is 2.69. The molecular formula is C20H27IN4O. The molecule has 5 nitrogen and oxygen atoms in total. The molecule has 26 heavy (non-hydrogen) atoms. The highest BCUT2D eigenvalue weighted by Gasteiger charge is 2.07. The second kappa shape index (κ2) is 9.12. The monoisotopic (exact) mass is 466 g/mol. The molecule has 0 fully saturated rings. The average Bonchev–Trinajstić information content (AvgIpc) is 3.14. The zero-order valence-electron chi connectivity index (χ0n) is 15.8. The van der Waals surface area contributed by atoms with Crippen LogP contribution in [0.3, 0.4) is 0 Å². The Morgan fingerprint density at radius 3 is 2.65 bits per heavy atom. The van der Waals surface area contributed by atoms with Crippen LogP contribution in [0.25, 0.3) is 10.9 Å². The van der Waals surface area contributed by atoms with E-state index < -0.39 is 0 Å². The lowest BCUT2D eigenvalue weighted by atomic mass is 10.1. The number of hydrogen-bond acceptors (Lipinski definition) is 2. The van der Waals surface area contributed by atoms with Crippen molar-refractivity contribution in [2.75, 3.05) is 13.6 Å². The molecule has 1 aromatic carbocycles. The molecule has 0 atom stereocenters. The lowest BCUT2D eigenvalue weighted by Crippen LogP contribution is -2.37. The minimum atomic E-state index is 0. The summed E-state index contributed by atoms with van der Waals surface area (Å²) in [5.41, 5.74) is 4.99. The van der Waals surface area contributed by atoms with E-state index in [1.165, 1.54) is 22.0 Å². The molecule has 0 aliphatic heterocycles. The number of guanidine groups is 1. The van der Waals surface area contributed by atoms with Gasteiger partial charge in [0, 0.05) is 42.8 Å². The van der Waals surface area contributed by atoms with Gasteiger partial charge in [-0.25, -0.2) is 0 Å². The maximum Gasteiger partial charge on any atom is 0.191 e. The van der Waals surface area contributed by atoms with Gasteiger partial charge in [-0.2, -0.15) is 0 Å². The summed E-state index contributed by atoms with van der Waals surface area (Å²) in [7, 11) is 1.79. The Hall–Kier alpha value is -1.96. The van der Waals surface area contributed by atoms with Gasteiger partial charge in [0.05, 0.1) is 0 Å². The van der Waals surface area contributed by atoms with E-state index >= 15 is 0 Å². The topological polar surface area (TPSA) is 65.3 Å². The summed E-state index contributed by atoms with van der Waals surface area (Å²) in [6, 6.07) is 8.47. The lowest BCUT2D eigenvalue weighted by Gasteiger charge is -2.11. The maximum atomic E-state index is 5.56. The molecule has 3 rings (SSSR count). The summed E-state index contributed by atoms with van der Waals surface area (Å²) in [4.78, 5) is 7.67. The van der Waals surface area contributed by atoms with Crippen LogP contribution in [0, 0.1) is 20.8 Å². The first kappa shape index (κ1) is 20.4. The molecule has 6 heteroatoms. The Morgan fingerprint density at radius 2 is 1.96 bits per heavy atom. The number of aryl methyl sites for hydroxylation is 3. The third-order valence-corrected chi connectivity index (χ3v) is 4.51. The van der Waals surface area contributed by atoms with Crippen LogP contribution in [0.4, 0.5) is 0 Å². The van der Waals surface area contributed by atoms with Gasteiger partial charge in [0.2, 0.25) is 0 Å². The predicted octanol–water partition coefficient (Wildman–Crippen LogP) is 4.21. The van der Waals surface area contributed by atoms with Crippen molar-refractivity contribution in [3.8, 4) is 0 Å². The van der Waals surface area contributed by atoms with E-state index in [4.69, 9.17) is 4.42 Å². The van der Waals surface area contributed by atoms with Crippen LogP contribution in [-0.2, 0) is 13.0 Å². The number of H-pyrrole nitrogens is 1. The molecule has 3 aromatic rings. The van der Waals surface area contributed by atoms with Crippen LogP contribution < -0.4 is 10.6 Å². The number of hydrogen-bond donors (Lipinski definition) is 3. The van der Waals surface area contributed by atoms with Gasteiger partial charge >= 0.3 is 0 Å². The lowest BCUT2D eigenvalue weighted by molar-refractivity contribution is 0.500. The van der Waals surface area contributed by atoms with Gasteiger partial charge in [-0.15, -0.1) is 24.0 Å². The Morgan fingerprint density at radius 1 is 1.15 bits per heavy atom. The first-order valence-corrected chi connectivity index (χ1v) is 8.64. The van der Waals surface area contributed by atoms with Gasteiger partial charge in [0.1, 0.15) is 11.5 Å². The van der Waals surface area contributed by atoms with Crippen LogP contribution in [0.2, 0.25) is 0 Å².